The van der Waals surface area contributed by atoms with Gasteiger partial charge in [0.1, 0.15) is 23.3 Å². The number of anilines is 1. The topological polar surface area (TPSA) is 111 Å². The number of aromatic carboxylic acids is 1. The Labute approximate surface area is 243 Å². The smallest absolute Gasteiger partial charge is 0.354 e. The molecule has 4 fully saturated rings. The van der Waals surface area contributed by atoms with Crippen molar-refractivity contribution < 1.29 is 23.9 Å². The summed E-state index contributed by atoms with van der Waals surface area (Å²) in [5.41, 5.74) is 5.71. The Kier molecular flexibility index (Phi) is 6.03. The predicted octanol–water partition coefficient (Wildman–Crippen LogP) is 5.73. The highest BCUT2D eigenvalue weighted by Crippen LogP contribution is 2.54. The number of piperidine rings is 1. The van der Waals surface area contributed by atoms with Crippen LogP contribution in [0.25, 0.3) is 28.2 Å². The van der Waals surface area contributed by atoms with Crippen LogP contribution in [0.2, 0.25) is 0 Å². The van der Waals surface area contributed by atoms with Gasteiger partial charge in [-0.1, -0.05) is 17.3 Å². The van der Waals surface area contributed by atoms with E-state index in [0.29, 0.717) is 48.2 Å². The molecular weight excluding hydrogens is 532 g/mol. The third-order valence-electron chi connectivity index (χ3n) is 9.23. The van der Waals surface area contributed by atoms with Crippen molar-refractivity contribution in [1.82, 2.24) is 15.1 Å². The van der Waals surface area contributed by atoms with Crippen LogP contribution in [-0.4, -0.2) is 58.6 Å². The lowest BCUT2D eigenvalue weighted by atomic mass is 10.0. The van der Waals surface area contributed by atoms with Crippen LogP contribution < -0.4 is 9.64 Å². The van der Waals surface area contributed by atoms with E-state index in [0.717, 1.165) is 71.7 Å². The average Bonchev–Trinajstić information content (AvgIpc) is 3.71. The highest BCUT2D eigenvalue weighted by atomic mass is 16.5. The zero-order valence-corrected chi connectivity index (χ0v) is 23.4. The zero-order chi connectivity index (χ0) is 28.4. The molecule has 1 aromatic carbocycles. The highest BCUT2D eigenvalue weighted by Gasteiger charge is 2.54. The van der Waals surface area contributed by atoms with Crippen molar-refractivity contribution in [3.63, 3.8) is 0 Å². The molecule has 42 heavy (non-hydrogen) atoms. The number of aromatic nitrogens is 3. The van der Waals surface area contributed by atoms with Crippen LogP contribution in [0.5, 0.6) is 5.75 Å². The lowest BCUT2D eigenvalue weighted by Crippen LogP contribution is -2.23. The summed E-state index contributed by atoms with van der Waals surface area (Å²) in [5, 5.41) is 14.9. The molecule has 214 valence electrons. The van der Waals surface area contributed by atoms with E-state index in [9.17, 15) is 9.90 Å². The van der Waals surface area contributed by atoms with Crippen LogP contribution in [0, 0.1) is 24.7 Å². The Morgan fingerprint density at radius 2 is 2.00 bits per heavy atom. The Balaban J connectivity index is 1.01. The number of pyridine rings is 2. The molecule has 9 nitrogen and oxygen atoms in total. The number of carbonyl (C=O) groups is 1. The van der Waals surface area contributed by atoms with E-state index in [4.69, 9.17) is 14.0 Å². The van der Waals surface area contributed by atoms with Crippen LogP contribution in [-0.2, 0) is 4.74 Å². The molecule has 4 aromatic rings. The molecule has 4 aliphatic rings. The van der Waals surface area contributed by atoms with Gasteiger partial charge in [-0.25, -0.2) is 9.78 Å². The molecule has 8 rings (SSSR count). The summed E-state index contributed by atoms with van der Waals surface area (Å²) < 4.78 is 17.6. The van der Waals surface area contributed by atoms with Crippen molar-refractivity contribution in [2.75, 3.05) is 31.2 Å². The third-order valence-corrected chi connectivity index (χ3v) is 9.23. The standard InChI is InChI=1S/C33H32N4O5/c1-18-22(3-2-11-34-18)31-24(32(42-36-31)19-4-5-19)8-7-23-26-15-37(16-27(23)26)20-6-9-28-25(13-20)30(14-29(35-28)33(38)39)41-21-10-12-40-17-21/h2-3,6-9,11,13-14,19,21,23,26-27H,4-5,10,12,15-17H2,1H3,(H,38,39)/b8-7+/t21-,23?,26?,27?/m1/s1. The molecule has 3 atom stereocenters. The van der Waals surface area contributed by atoms with Crippen molar-refractivity contribution in [3.05, 3.63) is 71.4 Å². The van der Waals surface area contributed by atoms with E-state index >= 15 is 0 Å². The van der Waals surface area contributed by atoms with Gasteiger partial charge in [-0.2, -0.15) is 0 Å². The third kappa shape index (κ3) is 4.52. The normalized spacial score (nSPS) is 24.9. The van der Waals surface area contributed by atoms with Crippen LogP contribution >= 0.6 is 0 Å². The first-order valence-corrected chi connectivity index (χ1v) is 14.8. The molecule has 2 aliphatic carbocycles. The van der Waals surface area contributed by atoms with Crippen molar-refractivity contribution in [2.45, 2.75) is 38.2 Å². The number of hydrogen-bond acceptors (Lipinski definition) is 8. The number of nitrogens with zero attached hydrogens (tertiary/aromatic N) is 4. The summed E-state index contributed by atoms with van der Waals surface area (Å²) in [6.45, 7) is 5.13. The van der Waals surface area contributed by atoms with Crippen LogP contribution in [0.4, 0.5) is 5.69 Å². The molecule has 3 aromatic heterocycles. The van der Waals surface area contributed by atoms with E-state index < -0.39 is 5.97 Å². The van der Waals surface area contributed by atoms with Crippen molar-refractivity contribution in [3.8, 4) is 17.0 Å². The Morgan fingerprint density at radius 3 is 2.74 bits per heavy atom. The minimum atomic E-state index is -1.06. The lowest BCUT2D eigenvalue weighted by Gasteiger charge is -2.23. The summed E-state index contributed by atoms with van der Waals surface area (Å²) in [6.07, 6.45) is 9.45. The van der Waals surface area contributed by atoms with Crippen molar-refractivity contribution in [2.24, 2.45) is 17.8 Å². The number of ether oxygens (including phenoxy) is 2. The fourth-order valence-corrected chi connectivity index (χ4v) is 6.69. The largest absolute Gasteiger partial charge is 0.487 e. The average molecular weight is 565 g/mol. The van der Waals surface area contributed by atoms with Crippen molar-refractivity contribution >= 4 is 28.6 Å². The number of benzene rings is 1. The van der Waals surface area contributed by atoms with Gasteiger partial charge in [-0.15, -0.1) is 0 Å². The number of rotatable bonds is 8. The summed E-state index contributed by atoms with van der Waals surface area (Å²) in [6, 6.07) is 11.6. The monoisotopic (exact) mass is 564 g/mol. The van der Waals surface area contributed by atoms with Gasteiger partial charge in [-0.3, -0.25) is 4.98 Å². The lowest BCUT2D eigenvalue weighted by molar-refractivity contribution is 0.0690. The molecule has 1 N–H and O–H groups in total. The number of carboxylic acid groups (broad SMARTS) is 1. The molecule has 2 aliphatic heterocycles. The summed E-state index contributed by atoms with van der Waals surface area (Å²) >= 11 is 0. The number of allylic oxidation sites excluding steroid dienone is 1. The molecule has 9 heteroatoms. The number of aryl methyl sites for hydroxylation is 1. The first kappa shape index (κ1) is 25.5. The van der Waals surface area contributed by atoms with Crippen LogP contribution in [0.3, 0.4) is 0 Å². The van der Waals surface area contributed by atoms with Gasteiger partial charge >= 0.3 is 5.97 Å². The highest BCUT2D eigenvalue weighted by molar-refractivity contribution is 5.94. The van der Waals surface area contributed by atoms with Gasteiger partial charge in [0.05, 0.1) is 18.7 Å². The van der Waals surface area contributed by atoms with Crippen LogP contribution in [0.15, 0.2) is 53.2 Å². The molecule has 2 saturated heterocycles. The van der Waals surface area contributed by atoms with E-state index in [1.54, 1.807) is 0 Å². The van der Waals surface area contributed by atoms with E-state index in [-0.39, 0.29) is 11.8 Å². The minimum Gasteiger partial charge on any atom is -0.487 e. The first-order valence-electron chi connectivity index (χ1n) is 14.8. The fourth-order valence-electron chi connectivity index (χ4n) is 6.69. The summed E-state index contributed by atoms with van der Waals surface area (Å²) in [7, 11) is 0. The summed E-state index contributed by atoms with van der Waals surface area (Å²) in [5.74, 6) is 2.71. The molecule has 0 amide bonds. The number of hydrogen-bond donors (Lipinski definition) is 1. The summed E-state index contributed by atoms with van der Waals surface area (Å²) in [4.78, 5) is 23.0. The van der Waals surface area contributed by atoms with Gasteiger partial charge < -0.3 is 24.0 Å². The predicted molar refractivity (Wildman–Crippen MR) is 157 cm³/mol. The maximum atomic E-state index is 11.7. The molecule has 0 spiro atoms. The van der Waals surface area contributed by atoms with Gasteiger partial charge in [-0.05, 0) is 67.9 Å². The molecular formula is C33H32N4O5. The Morgan fingerprint density at radius 1 is 1.14 bits per heavy atom. The second kappa shape index (κ2) is 9.94. The maximum absolute atomic E-state index is 11.7. The second-order valence-electron chi connectivity index (χ2n) is 12.0. The number of fused-ring (bicyclic) bond motifs is 2. The van der Waals surface area contributed by atoms with Gasteiger partial charge in [0.25, 0.3) is 0 Å². The van der Waals surface area contributed by atoms with E-state index in [1.807, 2.05) is 31.3 Å². The fraction of sp³-hybridized carbons (Fsp3) is 0.394. The maximum Gasteiger partial charge on any atom is 0.354 e. The SMILES string of the molecule is Cc1ncccc1-c1noc(C2CC2)c1/C=C/C1C2CN(c3ccc4nc(C(=O)O)cc(O[C@@H]5CCOC5)c4c3)CC12. The molecule has 0 bridgehead atoms. The van der Waals surface area contributed by atoms with Gasteiger partial charge in [0.2, 0.25) is 0 Å². The number of carboxylic acids is 1. The Bertz CT molecular complexity index is 1710. The van der Waals surface area contributed by atoms with Gasteiger partial charge in [0, 0.05) is 65.6 Å². The van der Waals surface area contributed by atoms with Gasteiger partial charge in [0.15, 0.2) is 5.69 Å². The van der Waals surface area contributed by atoms with Crippen LogP contribution in [0.1, 0.15) is 52.7 Å². The van der Waals surface area contributed by atoms with E-state index in [2.05, 4.69) is 44.3 Å². The quantitative estimate of drug-likeness (QED) is 0.287. The first-order chi connectivity index (χ1) is 20.5. The molecule has 2 saturated carbocycles. The van der Waals surface area contributed by atoms with E-state index in [1.165, 1.54) is 6.07 Å². The zero-order valence-electron chi connectivity index (χ0n) is 23.4. The van der Waals surface area contributed by atoms with Crippen molar-refractivity contribution in [1.29, 1.82) is 0 Å². The second-order valence-corrected chi connectivity index (χ2v) is 12.0. The molecule has 2 unspecified atom stereocenters. The minimum absolute atomic E-state index is 0.0132. The molecule has 5 heterocycles. The molecule has 0 radical (unpaired) electrons. The Hall–Kier alpha value is -4.24.